The second kappa shape index (κ2) is 13.3. The van der Waals surface area contributed by atoms with Crippen LogP contribution in [0.4, 0.5) is 4.79 Å². The molecule has 2 aliphatic carbocycles. The van der Waals surface area contributed by atoms with Crippen LogP contribution in [0.5, 0.6) is 0 Å². The first-order valence-electron chi connectivity index (χ1n) is 14.1. The highest BCUT2D eigenvalue weighted by atomic mass is 16.6. The molecule has 4 amide bonds. The lowest BCUT2D eigenvalue weighted by molar-refractivity contribution is -0.144. The topological polar surface area (TPSA) is 134 Å². The van der Waals surface area contributed by atoms with Crippen molar-refractivity contribution in [2.75, 3.05) is 13.1 Å². The summed E-state index contributed by atoms with van der Waals surface area (Å²) in [6.07, 6.45) is 8.54. The Morgan fingerprint density at radius 3 is 2.33 bits per heavy atom. The predicted octanol–water partition coefficient (Wildman–Crippen LogP) is 2.63. The Balaban J connectivity index is 1.77. The van der Waals surface area contributed by atoms with Gasteiger partial charge in [0.15, 0.2) is 0 Å². The van der Waals surface area contributed by atoms with E-state index in [1.165, 1.54) is 6.08 Å². The number of carbonyl (C=O) groups is 5. The minimum Gasteiger partial charge on any atom is -0.444 e. The third kappa shape index (κ3) is 8.16. The second-order valence-corrected chi connectivity index (χ2v) is 11.9. The molecule has 1 aliphatic heterocycles. The average Bonchev–Trinajstić information content (AvgIpc) is 3.55. The largest absolute Gasteiger partial charge is 0.444 e. The van der Waals surface area contributed by atoms with Crippen LogP contribution in [-0.4, -0.2) is 71.3 Å². The fourth-order valence-electron chi connectivity index (χ4n) is 5.71. The normalized spacial score (nSPS) is 24.0. The number of hydrogen-bond acceptors (Lipinski definition) is 6. The smallest absolute Gasteiger partial charge is 0.408 e. The highest BCUT2D eigenvalue weighted by Gasteiger charge is 2.58. The average molecular weight is 545 g/mol. The van der Waals surface area contributed by atoms with E-state index in [2.05, 4.69) is 29.1 Å². The molecule has 2 saturated carbocycles. The summed E-state index contributed by atoms with van der Waals surface area (Å²) in [5.74, 6) is -2.14. The zero-order valence-electron chi connectivity index (χ0n) is 23.5. The summed E-state index contributed by atoms with van der Waals surface area (Å²) in [7, 11) is 0. The van der Waals surface area contributed by atoms with Gasteiger partial charge in [0.25, 0.3) is 5.91 Å². The molecule has 0 aromatic heterocycles. The van der Waals surface area contributed by atoms with Crippen molar-refractivity contribution in [2.45, 2.75) is 95.9 Å². The maximum Gasteiger partial charge on any atom is 0.408 e. The zero-order valence-corrected chi connectivity index (χ0v) is 23.5. The Labute approximate surface area is 231 Å². The molecule has 5 atom stereocenters. The fourth-order valence-corrected chi connectivity index (χ4v) is 5.71. The van der Waals surface area contributed by atoms with Gasteiger partial charge in [0.1, 0.15) is 17.7 Å². The lowest BCUT2D eigenvalue weighted by Crippen LogP contribution is -2.59. The highest BCUT2D eigenvalue weighted by Crippen LogP contribution is 2.50. The summed E-state index contributed by atoms with van der Waals surface area (Å²) in [6, 6.07) is -2.59. The molecule has 1 unspecified atom stereocenters. The number of ether oxygens (including phenoxy) is 1. The van der Waals surface area contributed by atoms with E-state index >= 15 is 0 Å². The molecular formula is C29H44N4O6. The Bertz CT molecular complexity index is 967. The molecule has 0 radical (unpaired) electrons. The first-order valence-corrected chi connectivity index (χ1v) is 14.1. The van der Waals surface area contributed by atoms with Crippen molar-refractivity contribution in [1.82, 2.24) is 20.9 Å². The van der Waals surface area contributed by atoms with Gasteiger partial charge < -0.3 is 25.6 Å². The van der Waals surface area contributed by atoms with Gasteiger partial charge in [0, 0.05) is 13.1 Å². The van der Waals surface area contributed by atoms with E-state index in [1.54, 1.807) is 31.7 Å². The number of alkyl carbamates (subject to hydrolysis) is 1. The maximum absolute atomic E-state index is 14.0. The summed E-state index contributed by atoms with van der Waals surface area (Å²) in [6.45, 7) is 13.0. The van der Waals surface area contributed by atoms with E-state index in [0.717, 1.165) is 38.5 Å². The van der Waals surface area contributed by atoms with Crippen LogP contribution in [0, 0.1) is 17.8 Å². The Morgan fingerprint density at radius 2 is 1.72 bits per heavy atom. The van der Waals surface area contributed by atoms with E-state index in [0.29, 0.717) is 13.0 Å². The van der Waals surface area contributed by atoms with Crippen LogP contribution in [0.3, 0.4) is 0 Å². The van der Waals surface area contributed by atoms with E-state index in [1.807, 2.05) is 0 Å². The van der Waals surface area contributed by atoms with Gasteiger partial charge in [-0.2, -0.15) is 0 Å². The van der Waals surface area contributed by atoms with Crippen LogP contribution in [0.2, 0.25) is 0 Å². The Morgan fingerprint density at radius 1 is 1.03 bits per heavy atom. The Hall–Kier alpha value is -3.17. The summed E-state index contributed by atoms with van der Waals surface area (Å²) < 4.78 is 5.45. The van der Waals surface area contributed by atoms with Crippen LogP contribution in [0.1, 0.15) is 72.1 Å². The molecule has 1 saturated heterocycles. The third-order valence-electron chi connectivity index (χ3n) is 7.68. The molecule has 3 rings (SSSR count). The number of likely N-dealkylation sites (tertiary alicyclic amines) is 1. The summed E-state index contributed by atoms with van der Waals surface area (Å²) in [5, 5.41) is 8.04. The third-order valence-corrected chi connectivity index (χ3v) is 7.68. The summed E-state index contributed by atoms with van der Waals surface area (Å²) >= 11 is 0. The highest BCUT2D eigenvalue weighted by molar-refractivity contribution is 6.38. The van der Waals surface area contributed by atoms with E-state index in [9.17, 15) is 24.0 Å². The number of fused-ring (bicyclic) bond motifs is 1. The van der Waals surface area contributed by atoms with E-state index in [-0.39, 0.29) is 36.6 Å². The molecule has 0 aromatic carbocycles. The maximum atomic E-state index is 14.0. The first-order chi connectivity index (χ1) is 18.5. The van der Waals surface area contributed by atoms with Gasteiger partial charge in [0.2, 0.25) is 17.6 Å². The molecule has 3 fully saturated rings. The van der Waals surface area contributed by atoms with Crippen LogP contribution in [-0.2, 0) is 23.9 Å². The van der Waals surface area contributed by atoms with Crippen LogP contribution >= 0.6 is 0 Å². The van der Waals surface area contributed by atoms with Crippen molar-refractivity contribution in [3.05, 3.63) is 25.3 Å². The van der Waals surface area contributed by atoms with Gasteiger partial charge in [-0.3, -0.25) is 19.2 Å². The standard InChI is InChI=1S/C29H44N4O6/c1-6-8-14-21(24(34)26(36)30-15-7-2)31-25(35)23-20-16-19(20)17-33(23)27(37)22(18-12-10-9-11-13-18)32-28(38)39-29(3,4)5/h6-7,18-23H,1-2,8-17H2,3-5H3,(H,30,36)(H,31,35)(H,32,38)/t19-,20-,21?,22-,23-/m0/s1. The molecule has 216 valence electrons. The molecule has 0 bridgehead atoms. The van der Waals surface area contributed by atoms with Gasteiger partial charge in [-0.25, -0.2) is 4.79 Å². The predicted molar refractivity (Wildman–Crippen MR) is 146 cm³/mol. The number of carbonyl (C=O) groups excluding carboxylic acids is 5. The van der Waals surface area contributed by atoms with Crippen molar-refractivity contribution < 1.29 is 28.7 Å². The number of allylic oxidation sites excluding steroid dienone is 1. The van der Waals surface area contributed by atoms with Gasteiger partial charge in [-0.05, 0) is 70.6 Å². The second-order valence-electron chi connectivity index (χ2n) is 11.9. The number of Topliss-reactive ketones (excluding diaryl/α,β-unsaturated/α-hetero) is 1. The van der Waals surface area contributed by atoms with Crippen LogP contribution < -0.4 is 16.0 Å². The van der Waals surface area contributed by atoms with Gasteiger partial charge >= 0.3 is 6.09 Å². The van der Waals surface area contributed by atoms with Crippen molar-refractivity contribution in [2.24, 2.45) is 17.8 Å². The number of nitrogens with one attached hydrogen (secondary N) is 3. The number of piperidine rings is 1. The SMILES string of the molecule is C=CCCC(NC(=O)[C@@H]1[C@H]2C[C@H]2CN1C(=O)[C@@H](NC(=O)OC(C)(C)C)C1CCCCC1)C(=O)C(=O)NCC=C. The van der Waals surface area contributed by atoms with Crippen LogP contribution in [0.15, 0.2) is 25.3 Å². The molecule has 1 heterocycles. The molecule has 3 aliphatic rings. The molecule has 0 spiro atoms. The van der Waals surface area contributed by atoms with Crippen molar-refractivity contribution in [1.29, 1.82) is 0 Å². The number of rotatable bonds is 12. The van der Waals surface area contributed by atoms with Crippen molar-refractivity contribution in [3.8, 4) is 0 Å². The number of amides is 4. The fraction of sp³-hybridized carbons (Fsp3) is 0.690. The van der Waals surface area contributed by atoms with E-state index < -0.39 is 47.4 Å². The zero-order chi connectivity index (χ0) is 28.7. The van der Waals surface area contributed by atoms with Crippen molar-refractivity contribution >= 4 is 29.6 Å². The quantitative estimate of drug-likeness (QED) is 0.255. The number of nitrogens with zero attached hydrogens (tertiary/aromatic N) is 1. The summed E-state index contributed by atoms with van der Waals surface area (Å²) in [5.41, 5.74) is -0.715. The molecule has 0 aromatic rings. The molecule has 3 N–H and O–H groups in total. The Kier molecular flexibility index (Phi) is 10.3. The minimum atomic E-state index is -1.04. The van der Waals surface area contributed by atoms with Crippen LogP contribution in [0.25, 0.3) is 0 Å². The molecule has 39 heavy (non-hydrogen) atoms. The molecule has 10 nitrogen and oxygen atoms in total. The summed E-state index contributed by atoms with van der Waals surface area (Å²) in [4.78, 5) is 67.0. The number of hydrogen-bond donors (Lipinski definition) is 3. The monoisotopic (exact) mass is 544 g/mol. The van der Waals surface area contributed by atoms with E-state index in [4.69, 9.17) is 4.74 Å². The molecular weight excluding hydrogens is 500 g/mol. The molecule has 10 heteroatoms. The van der Waals surface area contributed by atoms with Gasteiger partial charge in [0.05, 0.1) is 6.04 Å². The first kappa shape index (κ1) is 30.4. The lowest BCUT2D eigenvalue weighted by atomic mass is 9.83. The van der Waals surface area contributed by atoms with Crippen molar-refractivity contribution in [3.63, 3.8) is 0 Å². The minimum absolute atomic E-state index is 0.00719. The van der Waals surface area contributed by atoms with Gasteiger partial charge in [-0.1, -0.05) is 31.4 Å². The number of ketones is 1. The lowest BCUT2D eigenvalue weighted by Gasteiger charge is -2.36. The van der Waals surface area contributed by atoms with Gasteiger partial charge in [-0.15, -0.1) is 13.2 Å².